The van der Waals surface area contributed by atoms with Crippen LogP contribution >= 0.6 is 11.6 Å². The number of hydrogen-bond acceptors (Lipinski definition) is 1. The average molecular weight is 218 g/mol. The van der Waals surface area contributed by atoms with Crippen LogP contribution < -0.4 is 5.73 Å². The molecule has 1 nitrogen and oxygen atoms in total. The standard InChI is InChI=1S/C10H10ClF2N/c1-2-3-8(14)9-6(12)4-5-7(13)10(9)11/h2,4-5,8H,1,3,14H2/t8-/m1/s1. The van der Waals surface area contributed by atoms with E-state index in [0.717, 1.165) is 12.1 Å². The number of nitrogens with two attached hydrogens (primary N) is 1. The second-order valence-electron chi connectivity index (χ2n) is 2.89. The SMILES string of the molecule is C=CC[C@@H](N)c1c(F)ccc(F)c1Cl. The quantitative estimate of drug-likeness (QED) is 0.611. The van der Waals surface area contributed by atoms with E-state index in [1.165, 1.54) is 6.08 Å². The molecule has 14 heavy (non-hydrogen) atoms. The molecule has 0 saturated carbocycles. The lowest BCUT2D eigenvalue weighted by Crippen LogP contribution is -2.12. The Balaban J connectivity index is 3.17. The highest BCUT2D eigenvalue weighted by Crippen LogP contribution is 2.28. The molecule has 2 N–H and O–H groups in total. The lowest BCUT2D eigenvalue weighted by Gasteiger charge is -2.12. The highest BCUT2D eigenvalue weighted by atomic mass is 35.5. The molecule has 0 fully saturated rings. The van der Waals surface area contributed by atoms with Gasteiger partial charge in [-0.05, 0) is 18.6 Å². The summed E-state index contributed by atoms with van der Waals surface area (Å²) >= 11 is 5.60. The van der Waals surface area contributed by atoms with Gasteiger partial charge in [0.25, 0.3) is 0 Å². The van der Waals surface area contributed by atoms with Crippen LogP contribution in [0, 0.1) is 11.6 Å². The van der Waals surface area contributed by atoms with Crippen LogP contribution in [0.1, 0.15) is 18.0 Å². The Hall–Kier alpha value is -0.930. The van der Waals surface area contributed by atoms with Gasteiger partial charge in [0, 0.05) is 11.6 Å². The second kappa shape index (κ2) is 4.53. The maximum absolute atomic E-state index is 13.2. The molecule has 0 aromatic heterocycles. The first-order chi connectivity index (χ1) is 6.57. The fraction of sp³-hybridized carbons (Fsp3) is 0.200. The minimum absolute atomic E-state index is 0.00608. The van der Waals surface area contributed by atoms with Gasteiger partial charge in [0.05, 0.1) is 5.02 Å². The molecule has 76 valence electrons. The zero-order valence-electron chi connectivity index (χ0n) is 7.43. The first-order valence-corrected chi connectivity index (χ1v) is 4.45. The summed E-state index contributed by atoms with van der Waals surface area (Å²) in [4.78, 5) is 0. The minimum Gasteiger partial charge on any atom is -0.324 e. The van der Waals surface area contributed by atoms with Gasteiger partial charge < -0.3 is 5.73 Å². The molecule has 0 aliphatic heterocycles. The third-order valence-electron chi connectivity index (χ3n) is 1.87. The van der Waals surface area contributed by atoms with Gasteiger partial charge in [-0.3, -0.25) is 0 Å². The molecular formula is C10H10ClF2N. The predicted octanol–water partition coefficient (Wildman–Crippen LogP) is 3.19. The number of benzene rings is 1. The van der Waals surface area contributed by atoms with Crippen LogP contribution in [0.5, 0.6) is 0 Å². The molecule has 0 aliphatic rings. The summed E-state index contributed by atoms with van der Waals surface area (Å²) in [6, 6.07) is 1.33. The summed E-state index contributed by atoms with van der Waals surface area (Å²) in [7, 11) is 0. The molecule has 1 atom stereocenters. The highest BCUT2D eigenvalue weighted by molar-refractivity contribution is 6.31. The van der Waals surface area contributed by atoms with Crippen LogP contribution in [0.2, 0.25) is 5.02 Å². The van der Waals surface area contributed by atoms with Crippen LogP contribution in [0.3, 0.4) is 0 Å². The Morgan fingerprint density at radius 1 is 1.43 bits per heavy atom. The fourth-order valence-electron chi connectivity index (χ4n) is 1.18. The summed E-state index contributed by atoms with van der Waals surface area (Å²) in [5.74, 6) is -1.26. The molecule has 1 rings (SSSR count). The summed E-state index contributed by atoms with van der Waals surface area (Å²) in [6.45, 7) is 3.47. The molecule has 4 heteroatoms. The van der Waals surface area contributed by atoms with Crippen LogP contribution in [-0.2, 0) is 0 Å². The first kappa shape index (κ1) is 11.1. The third-order valence-corrected chi connectivity index (χ3v) is 2.25. The normalized spacial score (nSPS) is 12.6. The molecule has 0 bridgehead atoms. The van der Waals surface area contributed by atoms with E-state index in [1.807, 2.05) is 0 Å². The number of hydrogen-bond donors (Lipinski definition) is 1. The van der Waals surface area contributed by atoms with Gasteiger partial charge in [-0.1, -0.05) is 17.7 Å². The van der Waals surface area contributed by atoms with E-state index < -0.39 is 17.7 Å². The average Bonchev–Trinajstić information content (AvgIpc) is 2.13. The van der Waals surface area contributed by atoms with E-state index in [2.05, 4.69) is 6.58 Å². The summed E-state index contributed by atoms with van der Waals surface area (Å²) in [5, 5.41) is -0.251. The van der Waals surface area contributed by atoms with E-state index in [4.69, 9.17) is 17.3 Å². The predicted molar refractivity (Wildman–Crippen MR) is 53.1 cm³/mol. The third kappa shape index (κ3) is 2.11. The Bertz CT molecular complexity index is 352. The van der Waals surface area contributed by atoms with E-state index in [1.54, 1.807) is 0 Å². The largest absolute Gasteiger partial charge is 0.324 e. The van der Waals surface area contributed by atoms with Gasteiger partial charge in [0.1, 0.15) is 11.6 Å². The van der Waals surface area contributed by atoms with Crippen molar-refractivity contribution in [3.63, 3.8) is 0 Å². The smallest absolute Gasteiger partial charge is 0.142 e. The molecule has 0 aliphatic carbocycles. The van der Waals surface area contributed by atoms with Crippen molar-refractivity contribution < 1.29 is 8.78 Å². The molecule has 0 spiro atoms. The Kier molecular flexibility index (Phi) is 3.61. The van der Waals surface area contributed by atoms with E-state index in [-0.39, 0.29) is 10.6 Å². The van der Waals surface area contributed by atoms with Gasteiger partial charge in [-0.2, -0.15) is 0 Å². The van der Waals surface area contributed by atoms with Crippen LogP contribution in [0.4, 0.5) is 8.78 Å². The molecule has 0 amide bonds. The van der Waals surface area contributed by atoms with E-state index in [9.17, 15) is 8.78 Å². The summed E-state index contributed by atoms with van der Waals surface area (Å²) in [5.41, 5.74) is 5.62. The minimum atomic E-state index is -0.664. The van der Waals surface area contributed by atoms with Crippen molar-refractivity contribution in [1.82, 2.24) is 0 Å². The van der Waals surface area contributed by atoms with Crippen molar-refractivity contribution in [2.24, 2.45) is 5.73 Å². The van der Waals surface area contributed by atoms with Gasteiger partial charge in [0.2, 0.25) is 0 Å². The van der Waals surface area contributed by atoms with Crippen molar-refractivity contribution in [2.45, 2.75) is 12.5 Å². The second-order valence-corrected chi connectivity index (χ2v) is 3.27. The van der Waals surface area contributed by atoms with Crippen molar-refractivity contribution in [3.8, 4) is 0 Å². The van der Waals surface area contributed by atoms with Gasteiger partial charge in [-0.15, -0.1) is 6.58 Å². The molecule has 0 heterocycles. The van der Waals surface area contributed by atoms with Crippen LogP contribution in [-0.4, -0.2) is 0 Å². The lowest BCUT2D eigenvalue weighted by atomic mass is 10.0. The van der Waals surface area contributed by atoms with Gasteiger partial charge >= 0.3 is 0 Å². The zero-order valence-corrected chi connectivity index (χ0v) is 8.19. The first-order valence-electron chi connectivity index (χ1n) is 4.07. The number of halogens is 3. The Labute approximate surface area is 86.2 Å². The Morgan fingerprint density at radius 2 is 2.00 bits per heavy atom. The van der Waals surface area contributed by atoms with Crippen LogP contribution in [0.25, 0.3) is 0 Å². The van der Waals surface area contributed by atoms with Gasteiger partial charge in [-0.25, -0.2) is 8.78 Å². The maximum Gasteiger partial charge on any atom is 0.142 e. The number of rotatable bonds is 3. The molecular weight excluding hydrogens is 208 g/mol. The molecule has 1 aromatic rings. The van der Waals surface area contributed by atoms with Crippen molar-refractivity contribution >= 4 is 11.6 Å². The molecule has 0 unspecified atom stereocenters. The van der Waals surface area contributed by atoms with E-state index in [0.29, 0.717) is 6.42 Å². The van der Waals surface area contributed by atoms with E-state index >= 15 is 0 Å². The summed E-state index contributed by atoms with van der Waals surface area (Å²) < 4.78 is 26.2. The lowest BCUT2D eigenvalue weighted by molar-refractivity contribution is 0.564. The zero-order chi connectivity index (χ0) is 10.7. The maximum atomic E-state index is 13.2. The highest BCUT2D eigenvalue weighted by Gasteiger charge is 2.17. The summed E-state index contributed by atoms with van der Waals surface area (Å²) in [6.07, 6.45) is 1.88. The molecule has 1 aromatic carbocycles. The monoisotopic (exact) mass is 217 g/mol. The molecule has 0 radical (unpaired) electrons. The fourth-order valence-corrected chi connectivity index (χ4v) is 1.47. The van der Waals surface area contributed by atoms with Crippen molar-refractivity contribution in [2.75, 3.05) is 0 Å². The van der Waals surface area contributed by atoms with Crippen molar-refractivity contribution in [1.29, 1.82) is 0 Å². The van der Waals surface area contributed by atoms with Gasteiger partial charge in [0.15, 0.2) is 0 Å². The van der Waals surface area contributed by atoms with Crippen LogP contribution in [0.15, 0.2) is 24.8 Å². The topological polar surface area (TPSA) is 26.0 Å². The van der Waals surface area contributed by atoms with Crippen molar-refractivity contribution in [3.05, 3.63) is 47.0 Å². The molecule has 0 saturated heterocycles. The Morgan fingerprint density at radius 3 is 2.57 bits per heavy atom.